The number of carbonyl (C=O) groups is 2. The maximum absolute atomic E-state index is 12.2. The van der Waals surface area contributed by atoms with Crippen molar-refractivity contribution in [2.45, 2.75) is 12.1 Å². The lowest BCUT2D eigenvalue weighted by atomic mass is 10.0. The zero-order valence-electron chi connectivity index (χ0n) is 11.5. The fourth-order valence-electron chi connectivity index (χ4n) is 2.65. The number of ether oxygens (including phenoxy) is 1. The first-order chi connectivity index (χ1) is 10.0. The van der Waals surface area contributed by atoms with Crippen molar-refractivity contribution in [3.05, 3.63) is 22.1 Å². The highest BCUT2D eigenvalue weighted by Gasteiger charge is 2.45. The van der Waals surface area contributed by atoms with Gasteiger partial charge in [-0.3, -0.25) is 14.4 Å². The molecule has 1 amide bonds. The molecule has 1 aromatic rings. The van der Waals surface area contributed by atoms with Gasteiger partial charge in [0.1, 0.15) is 0 Å². The van der Waals surface area contributed by atoms with E-state index in [1.807, 2.05) is 0 Å². The average Bonchev–Trinajstić information content (AvgIpc) is 2.98. The van der Waals surface area contributed by atoms with Gasteiger partial charge >= 0.3 is 5.97 Å². The van der Waals surface area contributed by atoms with Crippen LogP contribution in [0.3, 0.4) is 0 Å². The summed E-state index contributed by atoms with van der Waals surface area (Å²) in [7, 11) is 0. The van der Waals surface area contributed by atoms with Crippen molar-refractivity contribution in [2.24, 2.45) is 11.8 Å². The lowest BCUT2D eigenvalue weighted by molar-refractivity contribution is -0.141. The fourth-order valence-corrected chi connectivity index (χ4v) is 3.47. The predicted octanol–water partition coefficient (Wildman–Crippen LogP) is -0.198. The quantitative estimate of drug-likeness (QED) is 0.472. The SMILES string of the molecule is Cc1cc(=O)[nH]c(SCC(=O)N2C[C@@H]3COC(=O)[C@@H]3C2)n1. The summed E-state index contributed by atoms with van der Waals surface area (Å²) in [5.41, 5.74) is 0.392. The largest absolute Gasteiger partial charge is 0.465 e. The molecule has 0 spiro atoms. The summed E-state index contributed by atoms with van der Waals surface area (Å²) in [4.78, 5) is 43.4. The van der Waals surface area contributed by atoms with Crippen LogP contribution in [0, 0.1) is 18.8 Å². The monoisotopic (exact) mass is 309 g/mol. The van der Waals surface area contributed by atoms with Gasteiger partial charge in [0.05, 0.1) is 18.3 Å². The van der Waals surface area contributed by atoms with Crippen LogP contribution in [0.5, 0.6) is 0 Å². The topological polar surface area (TPSA) is 92.4 Å². The summed E-state index contributed by atoms with van der Waals surface area (Å²) >= 11 is 1.20. The van der Waals surface area contributed by atoms with E-state index in [4.69, 9.17) is 4.74 Å². The molecule has 0 aromatic carbocycles. The van der Waals surface area contributed by atoms with Gasteiger partial charge in [-0.05, 0) is 6.92 Å². The van der Waals surface area contributed by atoms with Gasteiger partial charge in [-0.2, -0.15) is 0 Å². The van der Waals surface area contributed by atoms with E-state index in [1.54, 1.807) is 11.8 Å². The van der Waals surface area contributed by atoms with Crippen molar-refractivity contribution >= 4 is 23.6 Å². The molecular formula is C13H15N3O4S. The van der Waals surface area contributed by atoms with Crippen LogP contribution in [0.1, 0.15) is 5.69 Å². The molecule has 3 heterocycles. The summed E-state index contributed by atoms with van der Waals surface area (Å²) in [5.74, 6) is -0.0980. The minimum Gasteiger partial charge on any atom is -0.465 e. The van der Waals surface area contributed by atoms with Gasteiger partial charge in [-0.1, -0.05) is 11.8 Å². The second-order valence-electron chi connectivity index (χ2n) is 5.28. The maximum Gasteiger partial charge on any atom is 0.311 e. The Morgan fingerprint density at radius 3 is 3.05 bits per heavy atom. The van der Waals surface area contributed by atoms with E-state index in [-0.39, 0.29) is 35.0 Å². The van der Waals surface area contributed by atoms with E-state index in [0.29, 0.717) is 30.5 Å². The Balaban J connectivity index is 1.58. The summed E-state index contributed by atoms with van der Waals surface area (Å²) in [6.45, 7) is 3.13. The molecule has 2 saturated heterocycles. The van der Waals surface area contributed by atoms with Crippen molar-refractivity contribution in [3.63, 3.8) is 0 Å². The van der Waals surface area contributed by atoms with Crippen molar-refractivity contribution < 1.29 is 14.3 Å². The molecule has 2 atom stereocenters. The van der Waals surface area contributed by atoms with E-state index >= 15 is 0 Å². The Morgan fingerprint density at radius 1 is 1.52 bits per heavy atom. The standard InChI is InChI=1S/C13H15N3O4S/c1-7-2-10(17)15-13(14-7)21-6-11(18)16-3-8-5-20-12(19)9(8)4-16/h2,8-9H,3-6H2,1H3,(H,14,15,17)/t8-,9-/m1/s1. The smallest absolute Gasteiger partial charge is 0.311 e. The molecule has 3 rings (SSSR count). The van der Waals surface area contributed by atoms with Gasteiger partial charge in [0, 0.05) is 30.8 Å². The molecular weight excluding hydrogens is 294 g/mol. The highest BCUT2D eigenvalue weighted by Crippen LogP contribution is 2.30. The average molecular weight is 309 g/mol. The molecule has 0 bridgehead atoms. The summed E-state index contributed by atoms with van der Waals surface area (Å²) in [6.07, 6.45) is 0. The Bertz CT molecular complexity index is 645. The van der Waals surface area contributed by atoms with Crippen molar-refractivity contribution in [2.75, 3.05) is 25.4 Å². The van der Waals surface area contributed by atoms with Crippen LogP contribution in [0.15, 0.2) is 16.0 Å². The van der Waals surface area contributed by atoms with Crippen LogP contribution < -0.4 is 5.56 Å². The summed E-state index contributed by atoms with van der Waals surface area (Å²) in [5, 5.41) is 0.437. The van der Waals surface area contributed by atoms with Crippen LogP contribution in [-0.4, -0.2) is 52.2 Å². The Morgan fingerprint density at radius 2 is 2.33 bits per heavy atom. The van der Waals surface area contributed by atoms with Gasteiger partial charge in [-0.15, -0.1) is 0 Å². The molecule has 1 N–H and O–H groups in total. The molecule has 2 aliphatic rings. The molecule has 21 heavy (non-hydrogen) atoms. The number of hydrogen-bond acceptors (Lipinski definition) is 6. The van der Waals surface area contributed by atoms with E-state index in [0.717, 1.165) is 0 Å². The summed E-state index contributed by atoms with van der Waals surface area (Å²) in [6, 6.07) is 1.40. The third kappa shape index (κ3) is 2.94. The van der Waals surface area contributed by atoms with Gasteiger partial charge < -0.3 is 14.6 Å². The van der Waals surface area contributed by atoms with E-state index in [2.05, 4.69) is 9.97 Å². The number of carbonyl (C=O) groups excluding carboxylic acids is 2. The Labute approximate surface area is 125 Å². The zero-order chi connectivity index (χ0) is 15.0. The predicted molar refractivity (Wildman–Crippen MR) is 74.8 cm³/mol. The van der Waals surface area contributed by atoms with Crippen LogP contribution in [0.4, 0.5) is 0 Å². The molecule has 0 radical (unpaired) electrons. The first-order valence-electron chi connectivity index (χ1n) is 6.68. The number of aromatic amines is 1. The van der Waals surface area contributed by atoms with E-state index in [1.165, 1.54) is 17.8 Å². The second kappa shape index (κ2) is 5.51. The molecule has 1 aromatic heterocycles. The number of thioether (sulfide) groups is 1. The molecule has 2 fully saturated rings. The number of cyclic esters (lactones) is 1. The number of aryl methyl sites for hydroxylation is 1. The molecule has 8 heteroatoms. The lowest BCUT2D eigenvalue weighted by Gasteiger charge is -2.16. The third-order valence-electron chi connectivity index (χ3n) is 3.72. The Kier molecular flexibility index (Phi) is 3.71. The summed E-state index contributed by atoms with van der Waals surface area (Å²) < 4.78 is 4.97. The highest BCUT2D eigenvalue weighted by molar-refractivity contribution is 7.99. The number of esters is 1. The third-order valence-corrected chi connectivity index (χ3v) is 4.57. The molecule has 2 aliphatic heterocycles. The number of hydrogen-bond donors (Lipinski definition) is 1. The molecule has 0 aliphatic carbocycles. The minimum atomic E-state index is -0.226. The van der Waals surface area contributed by atoms with Gasteiger partial charge in [0.25, 0.3) is 5.56 Å². The first-order valence-corrected chi connectivity index (χ1v) is 7.66. The van der Waals surface area contributed by atoms with Gasteiger partial charge in [-0.25, -0.2) is 4.98 Å². The number of fused-ring (bicyclic) bond motifs is 1. The number of likely N-dealkylation sites (tertiary alicyclic amines) is 1. The number of nitrogens with one attached hydrogen (secondary N) is 1. The van der Waals surface area contributed by atoms with Crippen molar-refractivity contribution in [1.29, 1.82) is 0 Å². The van der Waals surface area contributed by atoms with Crippen LogP contribution in [0.25, 0.3) is 0 Å². The van der Waals surface area contributed by atoms with Crippen molar-refractivity contribution in [1.82, 2.24) is 14.9 Å². The number of rotatable bonds is 3. The molecule has 0 unspecified atom stereocenters. The lowest BCUT2D eigenvalue weighted by Crippen LogP contribution is -2.32. The first kappa shape index (κ1) is 14.1. The fraction of sp³-hybridized carbons (Fsp3) is 0.538. The molecule has 112 valence electrons. The van der Waals surface area contributed by atoms with Crippen molar-refractivity contribution in [3.8, 4) is 0 Å². The van der Waals surface area contributed by atoms with E-state index < -0.39 is 0 Å². The van der Waals surface area contributed by atoms with Crippen LogP contribution in [-0.2, 0) is 14.3 Å². The highest BCUT2D eigenvalue weighted by atomic mass is 32.2. The number of nitrogens with zero attached hydrogens (tertiary/aromatic N) is 2. The van der Waals surface area contributed by atoms with E-state index in [9.17, 15) is 14.4 Å². The van der Waals surface area contributed by atoms with Crippen LogP contribution >= 0.6 is 11.8 Å². The normalized spacial score (nSPS) is 24.0. The molecule has 7 nitrogen and oxygen atoms in total. The van der Waals surface area contributed by atoms with Gasteiger partial charge in [0.15, 0.2) is 5.16 Å². The molecule has 0 saturated carbocycles. The van der Waals surface area contributed by atoms with Gasteiger partial charge in [0.2, 0.25) is 5.91 Å². The minimum absolute atomic E-state index is 0.0497. The second-order valence-corrected chi connectivity index (χ2v) is 6.24. The number of aromatic nitrogens is 2. The Hall–Kier alpha value is -1.83. The maximum atomic E-state index is 12.2. The number of amides is 1. The van der Waals surface area contributed by atoms with Crippen LogP contribution in [0.2, 0.25) is 0 Å². The zero-order valence-corrected chi connectivity index (χ0v) is 12.3. The number of H-pyrrole nitrogens is 1.